The molecule has 0 radical (unpaired) electrons. The van der Waals surface area contributed by atoms with Crippen molar-refractivity contribution in [2.24, 2.45) is 0 Å². The Morgan fingerprint density at radius 3 is 2.76 bits per heavy atom. The van der Waals surface area contributed by atoms with Crippen LogP contribution in [0, 0.1) is 0 Å². The maximum absolute atomic E-state index is 11.9. The molecule has 0 saturated heterocycles. The molecule has 1 aromatic heterocycles. The molecule has 2 N–H and O–H groups in total. The lowest BCUT2D eigenvalue weighted by molar-refractivity contribution is -0.137. The highest BCUT2D eigenvalue weighted by Gasteiger charge is 2.19. The molecule has 5 nitrogen and oxygen atoms in total. The number of carboxylic acids is 1. The van der Waals surface area contributed by atoms with E-state index in [4.69, 9.17) is 5.11 Å². The van der Waals surface area contributed by atoms with Gasteiger partial charge >= 0.3 is 5.97 Å². The molecule has 2 rings (SSSR count). The molecule has 0 aromatic carbocycles. The van der Waals surface area contributed by atoms with Gasteiger partial charge in [0.25, 0.3) is 5.91 Å². The monoisotopic (exact) mass is 236 g/mol. The highest BCUT2D eigenvalue weighted by molar-refractivity contribution is 5.93. The fourth-order valence-electron chi connectivity index (χ4n) is 2.23. The third-order valence-electron chi connectivity index (χ3n) is 3.06. The van der Waals surface area contributed by atoms with Gasteiger partial charge in [-0.15, -0.1) is 0 Å². The summed E-state index contributed by atoms with van der Waals surface area (Å²) in [5.74, 6) is -1.13. The summed E-state index contributed by atoms with van der Waals surface area (Å²) in [6.07, 6.45) is 5.95. The number of nitrogens with zero attached hydrogens (tertiary/aromatic N) is 1. The molecule has 0 atom stereocenters. The average molecular weight is 236 g/mol. The Morgan fingerprint density at radius 2 is 2.12 bits per heavy atom. The molecule has 1 aliphatic carbocycles. The van der Waals surface area contributed by atoms with Gasteiger partial charge in [-0.3, -0.25) is 9.59 Å². The molecule has 1 fully saturated rings. The van der Waals surface area contributed by atoms with Gasteiger partial charge in [0, 0.05) is 12.2 Å². The SMILES string of the molecule is O=C(O)Cn1cccc1C(=O)NC1CCCC1. The summed E-state index contributed by atoms with van der Waals surface area (Å²) in [4.78, 5) is 22.6. The molecule has 0 spiro atoms. The number of hydrogen-bond acceptors (Lipinski definition) is 2. The Kier molecular flexibility index (Phi) is 3.46. The van der Waals surface area contributed by atoms with Crippen LogP contribution in [0.15, 0.2) is 18.3 Å². The summed E-state index contributed by atoms with van der Waals surface area (Å²) in [6.45, 7) is -0.180. The maximum atomic E-state index is 11.9. The van der Waals surface area contributed by atoms with Crippen LogP contribution < -0.4 is 5.32 Å². The minimum absolute atomic E-state index is 0.178. The van der Waals surface area contributed by atoms with E-state index < -0.39 is 5.97 Å². The van der Waals surface area contributed by atoms with E-state index in [2.05, 4.69) is 5.32 Å². The molecule has 5 heteroatoms. The van der Waals surface area contributed by atoms with Crippen molar-refractivity contribution in [1.82, 2.24) is 9.88 Å². The second-order valence-electron chi connectivity index (χ2n) is 4.37. The second-order valence-corrected chi connectivity index (χ2v) is 4.37. The van der Waals surface area contributed by atoms with E-state index in [0.717, 1.165) is 25.7 Å². The lowest BCUT2D eigenvalue weighted by Gasteiger charge is -2.12. The Morgan fingerprint density at radius 1 is 1.41 bits per heavy atom. The van der Waals surface area contributed by atoms with Gasteiger partial charge in [-0.25, -0.2) is 0 Å². The third kappa shape index (κ3) is 2.87. The zero-order valence-corrected chi connectivity index (χ0v) is 9.56. The number of aliphatic carboxylic acids is 1. The number of amides is 1. The Balaban J connectivity index is 2.02. The lowest BCUT2D eigenvalue weighted by atomic mass is 10.2. The fourth-order valence-corrected chi connectivity index (χ4v) is 2.23. The molecule has 1 saturated carbocycles. The summed E-state index contributed by atoms with van der Waals surface area (Å²) >= 11 is 0. The number of rotatable bonds is 4. The summed E-state index contributed by atoms with van der Waals surface area (Å²) in [5, 5.41) is 11.7. The number of hydrogen-bond donors (Lipinski definition) is 2. The van der Waals surface area contributed by atoms with Crippen LogP contribution in [0.4, 0.5) is 0 Å². The first-order valence-corrected chi connectivity index (χ1v) is 5.84. The lowest BCUT2D eigenvalue weighted by Crippen LogP contribution is -2.34. The van der Waals surface area contributed by atoms with Gasteiger partial charge < -0.3 is 15.0 Å². The highest BCUT2D eigenvalue weighted by Crippen LogP contribution is 2.18. The second kappa shape index (κ2) is 5.03. The summed E-state index contributed by atoms with van der Waals surface area (Å²) < 4.78 is 1.45. The van der Waals surface area contributed by atoms with Crippen LogP contribution in [-0.2, 0) is 11.3 Å². The van der Waals surface area contributed by atoms with E-state index in [9.17, 15) is 9.59 Å². The van der Waals surface area contributed by atoms with E-state index in [1.54, 1.807) is 18.3 Å². The van der Waals surface area contributed by atoms with Crippen LogP contribution in [-0.4, -0.2) is 27.6 Å². The van der Waals surface area contributed by atoms with E-state index in [-0.39, 0.29) is 18.5 Å². The molecule has 1 amide bonds. The van der Waals surface area contributed by atoms with Crippen LogP contribution in [0.5, 0.6) is 0 Å². The Labute approximate surface area is 99.4 Å². The highest BCUT2D eigenvalue weighted by atomic mass is 16.4. The first-order valence-electron chi connectivity index (χ1n) is 5.84. The number of carboxylic acid groups (broad SMARTS) is 1. The van der Waals surface area contributed by atoms with Crippen molar-refractivity contribution in [2.75, 3.05) is 0 Å². The van der Waals surface area contributed by atoms with E-state index in [1.807, 2.05) is 0 Å². The zero-order valence-electron chi connectivity index (χ0n) is 9.56. The van der Waals surface area contributed by atoms with Crippen molar-refractivity contribution in [3.63, 3.8) is 0 Å². The van der Waals surface area contributed by atoms with Crippen LogP contribution in [0.25, 0.3) is 0 Å². The maximum Gasteiger partial charge on any atom is 0.323 e. The standard InChI is InChI=1S/C12H16N2O3/c15-11(16)8-14-7-3-6-10(14)12(17)13-9-4-1-2-5-9/h3,6-7,9H,1-2,4-5,8H2,(H,13,17)(H,15,16). The van der Waals surface area contributed by atoms with Gasteiger partial charge in [0.2, 0.25) is 0 Å². The van der Waals surface area contributed by atoms with Gasteiger partial charge in [-0.1, -0.05) is 12.8 Å². The number of aromatic nitrogens is 1. The number of nitrogens with one attached hydrogen (secondary N) is 1. The van der Waals surface area contributed by atoms with Gasteiger partial charge in [0.1, 0.15) is 12.2 Å². The van der Waals surface area contributed by atoms with E-state index in [0.29, 0.717) is 5.69 Å². The molecule has 17 heavy (non-hydrogen) atoms. The number of carbonyl (C=O) groups excluding carboxylic acids is 1. The fraction of sp³-hybridized carbons (Fsp3) is 0.500. The molecule has 0 bridgehead atoms. The molecule has 1 aromatic rings. The van der Waals surface area contributed by atoms with Crippen molar-refractivity contribution in [1.29, 1.82) is 0 Å². The summed E-state index contributed by atoms with van der Waals surface area (Å²) in [5.41, 5.74) is 0.416. The van der Waals surface area contributed by atoms with Crippen molar-refractivity contribution < 1.29 is 14.7 Å². The first kappa shape index (κ1) is 11.7. The molecular weight excluding hydrogens is 220 g/mol. The van der Waals surface area contributed by atoms with Gasteiger partial charge in [0.05, 0.1) is 0 Å². The largest absolute Gasteiger partial charge is 0.480 e. The molecular formula is C12H16N2O3. The van der Waals surface area contributed by atoms with Crippen LogP contribution >= 0.6 is 0 Å². The number of carbonyl (C=O) groups is 2. The van der Waals surface area contributed by atoms with Crippen LogP contribution in [0.2, 0.25) is 0 Å². The normalized spacial score (nSPS) is 16.0. The van der Waals surface area contributed by atoms with Gasteiger partial charge in [-0.2, -0.15) is 0 Å². The van der Waals surface area contributed by atoms with Gasteiger partial charge in [-0.05, 0) is 25.0 Å². The molecule has 0 aliphatic heterocycles. The van der Waals surface area contributed by atoms with E-state index >= 15 is 0 Å². The van der Waals surface area contributed by atoms with Crippen molar-refractivity contribution in [2.45, 2.75) is 38.3 Å². The predicted molar refractivity (Wildman–Crippen MR) is 61.8 cm³/mol. The first-order chi connectivity index (χ1) is 8.16. The van der Waals surface area contributed by atoms with Gasteiger partial charge in [0.15, 0.2) is 0 Å². The smallest absolute Gasteiger partial charge is 0.323 e. The zero-order chi connectivity index (χ0) is 12.3. The molecule has 1 heterocycles. The van der Waals surface area contributed by atoms with E-state index in [1.165, 1.54) is 4.57 Å². The third-order valence-corrected chi connectivity index (χ3v) is 3.06. The minimum Gasteiger partial charge on any atom is -0.480 e. The van der Waals surface area contributed by atoms with Crippen LogP contribution in [0.3, 0.4) is 0 Å². The van der Waals surface area contributed by atoms with Crippen molar-refractivity contribution >= 4 is 11.9 Å². The minimum atomic E-state index is -0.948. The topological polar surface area (TPSA) is 71.3 Å². The molecule has 1 aliphatic rings. The van der Waals surface area contributed by atoms with Crippen molar-refractivity contribution in [3.05, 3.63) is 24.0 Å². The summed E-state index contributed by atoms with van der Waals surface area (Å²) in [6, 6.07) is 3.58. The average Bonchev–Trinajstić information content (AvgIpc) is 2.87. The van der Waals surface area contributed by atoms with Crippen molar-refractivity contribution in [3.8, 4) is 0 Å². The van der Waals surface area contributed by atoms with Crippen LogP contribution in [0.1, 0.15) is 36.2 Å². The summed E-state index contributed by atoms with van der Waals surface area (Å²) in [7, 11) is 0. The quantitative estimate of drug-likeness (QED) is 0.826. The Bertz CT molecular complexity index is 419. The predicted octanol–water partition coefficient (Wildman–Crippen LogP) is 1.25. The molecule has 0 unspecified atom stereocenters. The Hall–Kier alpha value is -1.78. The molecule has 92 valence electrons.